The summed E-state index contributed by atoms with van der Waals surface area (Å²) in [7, 11) is 4.18. The van der Waals surface area contributed by atoms with Crippen LogP contribution in [0.3, 0.4) is 0 Å². The van der Waals surface area contributed by atoms with Gasteiger partial charge >= 0.3 is 0 Å². The fourth-order valence-corrected chi connectivity index (χ4v) is 3.68. The van der Waals surface area contributed by atoms with E-state index in [1.807, 2.05) is 0 Å². The van der Waals surface area contributed by atoms with Gasteiger partial charge in [0.2, 0.25) is 0 Å². The molecule has 0 heterocycles. The maximum absolute atomic E-state index is 14.0. The van der Waals surface area contributed by atoms with Crippen molar-refractivity contribution in [1.29, 1.82) is 0 Å². The number of hydrogen-bond acceptors (Lipinski definition) is 2. The monoisotopic (exact) mass is 312 g/mol. The number of halogens is 2. The number of likely N-dealkylation sites (N-methyl/N-ethyl adjacent to an activating group) is 1. The Hall–Kier alpha value is -0.640. The zero-order chi connectivity index (χ0) is 15.6. The molecule has 2 rings (SSSR count). The summed E-state index contributed by atoms with van der Waals surface area (Å²) in [6.45, 7) is 2.30. The van der Waals surface area contributed by atoms with Gasteiger partial charge in [0, 0.05) is 16.6 Å². The lowest BCUT2D eigenvalue weighted by Crippen LogP contribution is -2.59. The van der Waals surface area contributed by atoms with Gasteiger partial charge in [0.05, 0.1) is 0 Å². The number of benzene rings is 1. The first-order chi connectivity index (χ1) is 9.85. The average molecular weight is 313 g/mol. The molecule has 1 unspecified atom stereocenters. The molecular formula is C17H26ClFN2. The van der Waals surface area contributed by atoms with E-state index in [1.54, 1.807) is 12.1 Å². The Morgan fingerprint density at radius 1 is 1.38 bits per heavy atom. The zero-order valence-electron chi connectivity index (χ0n) is 13.2. The van der Waals surface area contributed by atoms with Crippen molar-refractivity contribution in [3.8, 4) is 0 Å². The molecule has 2 nitrogen and oxygen atoms in total. The largest absolute Gasteiger partial charge is 0.326 e. The van der Waals surface area contributed by atoms with Gasteiger partial charge in [0.1, 0.15) is 5.82 Å². The molecule has 0 radical (unpaired) electrons. The smallest absolute Gasteiger partial charge is 0.127 e. The van der Waals surface area contributed by atoms with E-state index in [0.717, 1.165) is 18.8 Å². The molecule has 0 saturated heterocycles. The van der Waals surface area contributed by atoms with Crippen molar-refractivity contribution in [3.63, 3.8) is 0 Å². The Kier molecular flexibility index (Phi) is 5.29. The maximum atomic E-state index is 14.0. The van der Waals surface area contributed by atoms with Crippen LogP contribution in [0.1, 0.15) is 38.2 Å². The van der Waals surface area contributed by atoms with Gasteiger partial charge in [-0.2, -0.15) is 0 Å². The van der Waals surface area contributed by atoms with Crippen molar-refractivity contribution in [1.82, 2.24) is 4.90 Å². The van der Waals surface area contributed by atoms with Gasteiger partial charge in [-0.05, 0) is 69.8 Å². The van der Waals surface area contributed by atoms with E-state index < -0.39 is 0 Å². The lowest BCUT2D eigenvalue weighted by atomic mass is 9.71. The second-order valence-electron chi connectivity index (χ2n) is 6.73. The predicted molar refractivity (Wildman–Crippen MR) is 87.1 cm³/mol. The molecule has 21 heavy (non-hydrogen) atoms. The molecular weight excluding hydrogens is 287 g/mol. The van der Waals surface area contributed by atoms with Crippen LogP contribution in [0.5, 0.6) is 0 Å². The van der Waals surface area contributed by atoms with Crippen LogP contribution in [0.4, 0.5) is 4.39 Å². The highest BCUT2D eigenvalue weighted by molar-refractivity contribution is 6.30. The minimum absolute atomic E-state index is 0.0292. The van der Waals surface area contributed by atoms with Gasteiger partial charge in [-0.15, -0.1) is 0 Å². The Bertz CT molecular complexity index is 482. The molecule has 118 valence electrons. The standard InChI is InChI=1S/C17H26ClFN2/c1-12-6-8-17(9-7-12,21(2)3)16(20)10-13-4-5-14(18)11-15(13)19/h4-5,11-12,16H,6-10,20H2,1-3H3. The molecule has 0 aliphatic heterocycles. The minimum Gasteiger partial charge on any atom is -0.326 e. The Morgan fingerprint density at radius 2 is 2.00 bits per heavy atom. The molecule has 2 N–H and O–H groups in total. The lowest BCUT2D eigenvalue weighted by Gasteiger charge is -2.48. The summed E-state index contributed by atoms with van der Waals surface area (Å²) in [5.74, 6) is 0.508. The van der Waals surface area contributed by atoms with Crippen molar-refractivity contribution in [2.45, 2.75) is 50.6 Å². The summed E-state index contributed by atoms with van der Waals surface area (Å²) in [4.78, 5) is 2.25. The van der Waals surface area contributed by atoms with Crippen molar-refractivity contribution >= 4 is 11.6 Å². The van der Waals surface area contributed by atoms with E-state index in [2.05, 4.69) is 25.9 Å². The van der Waals surface area contributed by atoms with E-state index in [1.165, 1.54) is 18.9 Å². The molecule has 1 aliphatic rings. The van der Waals surface area contributed by atoms with Gasteiger partial charge in [-0.25, -0.2) is 4.39 Å². The number of rotatable bonds is 4. The third-order valence-corrected chi connectivity index (χ3v) is 5.41. The summed E-state index contributed by atoms with van der Waals surface area (Å²) < 4.78 is 14.0. The van der Waals surface area contributed by atoms with Crippen LogP contribution >= 0.6 is 11.6 Å². The van der Waals surface area contributed by atoms with Crippen molar-refractivity contribution in [2.75, 3.05) is 14.1 Å². The third-order valence-electron chi connectivity index (χ3n) is 5.18. The topological polar surface area (TPSA) is 29.3 Å². The molecule has 0 aromatic heterocycles. The maximum Gasteiger partial charge on any atom is 0.127 e. The fourth-order valence-electron chi connectivity index (χ4n) is 3.53. The molecule has 1 aromatic carbocycles. The van der Waals surface area contributed by atoms with E-state index >= 15 is 0 Å². The highest BCUT2D eigenvalue weighted by Gasteiger charge is 2.41. The minimum atomic E-state index is -0.254. The van der Waals surface area contributed by atoms with E-state index in [9.17, 15) is 4.39 Å². The Balaban J connectivity index is 2.17. The summed E-state index contributed by atoms with van der Waals surface area (Å²) in [6.07, 6.45) is 5.09. The summed E-state index contributed by atoms with van der Waals surface area (Å²) >= 11 is 5.82. The Labute approximate surface area is 132 Å². The summed E-state index contributed by atoms with van der Waals surface area (Å²) in [5.41, 5.74) is 7.16. The molecule has 1 fully saturated rings. The van der Waals surface area contributed by atoms with E-state index in [4.69, 9.17) is 17.3 Å². The summed E-state index contributed by atoms with van der Waals surface area (Å²) in [6, 6.07) is 4.79. The van der Waals surface area contributed by atoms with E-state index in [0.29, 0.717) is 17.0 Å². The van der Waals surface area contributed by atoms with Crippen LogP contribution in [0.25, 0.3) is 0 Å². The molecule has 1 saturated carbocycles. The molecule has 4 heteroatoms. The van der Waals surface area contributed by atoms with Crippen LogP contribution in [0, 0.1) is 11.7 Å². The average Bonchev–Trinajstić information content (AvgIpc) is 2.42. The molecule has 1 aliphatic carbocycles. The van der Waals surface area contributed by atoms with Gasteiger partial charge in [0.25, 0.3) is 0 Å². The second-order valence-corrected chi connectivity index (χ2v) is 7.16. The van der Waals surface area contributed by atoms with E-state index in [-0.39, 0.29) is 17.4 Å². The molecule has 1 aromatic rings. The normalized spacial score (nSPS) is 27.9. The first kappa shape index (κ1) is 16.7. The van der Waals surface area contributed by atoms with Crippen LogP contribution in [-0.2, 0) is 6.42 Å². The number of hydrogen-bond donors (Lipinski definition) is 1. The lowest BCUT2D eigenvalue weighted by molar-refractivity contribution is 0.0566. The zero-order valence-corrected chi connectivity index (χ0v) is 14.0. The van der Waals surface area contributed by atoms with Crippen LogP contribution in [0.15, 0.2) is 18.2 Å². The second kappa shape index (κ2) is 6.64. The molecule has 1 atom stereocenters. The Morgan fingerprint density at radius 3 is 2.52 bits per heavy atom. The highest BCUT2D eigenvalue weighted by atomic mass is 35.5. The molecule has 0 bridgehead atoms. The van der Waals surface area contributed by atoms with Gasteiger partial charge in [-0.3, -0.25) is 0 Å². The number of nitrogens with two attached hydrogens (primary N) is 1. The SMILES string of the molecule is CC1CCC(C(N)Cc2ccc(Cl)cc2F)(N(C)C)CC1. The quantitative estimate of drug-likeness (QED) is 0.914. The van der Waals surface area contributed by atoms with Crippen molar-refractivity contribution in [2.24, 2.45) is 11.7 Å². The van der Waals surface area contributed by atoms with Crippen LogP contribution in [0.2, 0.25) is 5.02 Å². The first-order valence-electron chi connectivity index (χ1n) is 7.72. The van der Waals surface area contributed by atoms with Crippen molar-refractivity contribution < 1.29 is 4.39 Å². The highest BCUT2D eigenvalue weighted by Crippen LogP contribution is 2.38. The van der Waals surface area contributed by atoms with Gasteiger partial charge in [-0.1, -0.05) is 24.6 Å². The van der Waals surface area contributed by atoms with Crippen molar-refractivity contribution in [3.05, 3.63) is 34.6 Å². The first-order valence-corrected chi connectivity index (χ1v) is 8.10. The predicted octanol–water partition coefficient (Wildman–Crippen LogP) is 3.86. The third kappa shape index (κ3) is 3.58. The number of nitrogens with zero attached hydrogens (tertiary/aromatic N) is 1. The van der Waals surface area contributed by atoms with Crippen LogP contribution < -0.4 is 5.73 Å². The molecule has 0 amide bonds. The summed E-state index contributed by atoms with van der Waals surface area (Å²) in [5, 5.41) is 0.429. The van der Waals surface area contributed by atoms with Gasteiger partial charge < -0.3 is 10.6 Å². The van der Waals surface area contributed by atoms with Gasteiger partial charge in [0.15, 0.2) is 0 Å². The van der Waals surface area contributed by atoms with Crippen LogP contribution in [-0.4, -0.2) is 30.6 Å². The molecule has 0 spiro atoms. The fraction of sp³-hybridized carbons (Fsp3) is 0.647.